The average molecular weight is 477 g/mol. The minimum atomic E-state index is -1.23. The lowest BCUT2D eigenvalue weighted by Crippen LogP contribution is -2.42. The molecule has 0 spiro atoms. The van der Waals surface area contributed by atoms with E-state index < -0.39 is 23.9 Å². The maximum atomic E-state index is 14.3. The maximum Gasteiger partial charge on any atom is 0.255 e. The number of nitrogens with one attached hydrogen (secondary N) is 2. The standard InChI is InChI=1S/C21H22ClFN6O4/c1-33-18-10-26-19(12-6-11(22)2-3-14(12)23)29-20(18)28-15-4-5-25-8-13(15)21(32)27-9-17(31)16(30)7-24/h2-6,8,10,16-17,30-31H,7,9,24H2,1H3,(H,27,32)(H,25,26,28,29). The van der Waals surface area contributed by atoms with Gasteiger partial charge in [-0.1, -0.05) is 11.6 Å². The molecule has 0 saturated carbocycles. The van der Waals surface area contributed by atoms with Crippen molar-refractivity contribution in [1.82, 2.24) is 20.3 Å². The van der Waals surface area contributed by atoms with E-state index in [1.54, 1.807) is 0 Å². The van der Waals surface area contributed by atoms with Crippen LogP contribution in [0.1, 0.15) is 10.4 Å². The Bertz CT molecular complexity index is 1140. The highest BCUT2D eigenvalue weighted by molar-refractivity contribution is 6.30. The summed E-state index contributed by atoms with van der Waals surface area (Å²) in [4.78, 5) is 25.1. The van der Waals surface area contributed by atoms with Crippen LogP contribution in [0.4, 0.5) is 15.9 Å². The largest absolute Gasteiger partial charge is 0.491 e. The summed E-state index contributed by atoms with van der Waals surface area (Å²) in [6, 6.07) is 5.55. The quantitative estimate of drug-likeness (QED) is 0.309. The zero-order valence-electron chi connectivity index (χ0n) is 17.5. The molecule has 3 rings (SSSR count). The summed E-state index contributed by atoms with van der Waals surface area (Å²) in [5.74, 6) is -0.662. The van der Waals surface area contributed by atoms with Crippen LogP contribution in [0.15, 0.2) is 42.9 Å². The van der Waals surface area contributed by atoms with Crippen molar-refractivity contribution in [2.24, 2.45) is 5.73 Å². The topological polar surface area (TPSA) is 156 Å². The molecule has 0 radical (unpaired) electrons. The molecule has 2 atom stereocenters. The van der Waals surface area contributed by atoms with Gasteiger partial charge in [0, 0.05) is 30.5 Å². The number of ether oxygens (including phenoxy) is 1. The van der Waals surface area contributed by atoms with Crippen LogP contribution in [0.5, 0.6) is 5.75 Å². The summed E-state index contributed by atoms with van der Waals surface area (Å²) in [7, 11) is 1.41. The number of hydrogen-bond donors (Lipinski definition) is 5. The first-order chi connectivity index (χ1) is 15.8. The Morgan fingerprint density at radius 3 is 2.79 bits per heavy atom. The zero-order valence-corrected chi connectivity index (χ0v) is 18.3. The highest BCUT2D eigenvalue weighted by atomic mass is 35.5. The number of aromatic nitrogens is 3. The predicted octanol–water partition coefficient (Wildman–Crippen LogP) is 1.49. The number of halogens is 2. The second-order valence-electron chi connectivity index (χ2n) is 6.86. The third-order valence-corrected chi connectivity index (χ3v) is 4.86. The number of anilines is 2. The number of hydrogen-bond acceptors (Lipinski definition) is 9. The molecule has 10 nitrogen and oxygen atoms in total. The van der Waals surface area contributed by atoms with Crippen LogP contribution in [-0.4, -0.2) is 63.5 Å². The van der Waals surface area contributed by atoms with Crippen molar-refractivity contribution in [1.29, 1.82) is 0 Å². The third-order valence-electron chi connectivity index (χ3n) is 4.62. The second-order valence-corrected chi connectivity index (χ2v) is 7.30. The van der Waals surface area contributed by atoms with Gasteiger partial charge >= 0.3 is 0 Å². The number of carbonyl (C=O) groups excluding carboxylic acids is 1. The van der Waals surface area contributed by atoms with Crippen LogP contribution >= 0.6 is 11.6 Å². The number of nitrogens with two attached hydrogens (primary N) is 1. The van der Waals surface area contributed by atoms with Crippen molar-refractivity contribution in [2.75, 3.05) is 25.5 Å². The summed E-state index contributed by atoms with van der Waals surface area (Å²) in [5, 5.41) is 25.2. The van der Waals surface area contributed by atoms with E-state index in [4.69, 9.17) is 22.1 Å². The van der Waals surface area contributed by atoms with Crippen molar-refractivity contribution in [3.63, 3.8) is 0 Å². The number of carbonyl (C=O) groups is 1. The molecular formula is C21H22ClFN6O4. The van der Waals surface area contributed by atoms with E-state index >= 15 is 0 Å². The third kappa shape index (κ3) is 5.90. The van der Waals surface area contributed by atoms with Gasteiger partial charge < -0.3 is 31.3 Å². The van der Waals surface area contributed by atoms with Gasteiger partial charge in [0.15, 0.2) is 17.4 Å². The first-order valence-electron chi connectivity index (χ1n) is 9.76. The van der Waals surface area contributed by atoms with Crippen molar-refractivity contribution in [3.8, 4) is 17.1 Å². The molecule has 2 aromatic heterocycles. The molecule has 0 aliphatic heterocycles. The Balaban J connectivity index is 1.89. The highest BCUT2D eigenvalue weighted by Crippen LogP contribution is 2.30. The molecule has 33 heavy (non-hydrogen) atoms. The van der Waals surface area contributed by atoms with Crippen molar-refractivity contribution >= 4 is 29.0 Å². The predicted molar refractivity (Wildman–Crippen MR) is 120 cm³/mol. The number of benzene rings is 1. The highest BCUT2D eigenvalue weighted by Gasteiger charge is 2.19. The fraction of sp³-hybridized carbons (Fsp3) is 0.238. The van der Waals surface area contributed by atoms with E-state index in [1.165, 1.54) is 50.0 Å². The van der Waals surface area contributed by atoms with Gasteiger partial charge in [-0.3, -0.25) is 9.78 Å². The second kappa shape index (κ2) is 11.0. The monoisotopic (exact) mass is 476 g/mol. The van der Waals surface area contributed by atoms with E-state index in [0.717, 1.165) is 0 Å². The van der Waals surface area contributed by atoms with E-state index in [9.17, 15) is 19.4 Å². The molecule has 0 fully saturated rings. The Labute approximate surface area is 193 Å². The van der Waals surface area contributed by atoms with Gasteiger partial charge in [-0.2, -0.15) is 0 Å². The van der Waals surface area contributed by atoms with E-state index in [1.807, 2.05) is 0 Å². The van der Waals surface area contributed by atoms with Gasteiger partial charge in [-0.25, -0.2) is 14.4 Å². The zero-order chi connectivity index (χ0) is 24.0. The Morgan fingerprint density at radius 2 is 2.06 bits per heavy atom. The smallest absolute Gasteiger partial charge is 0.255 e. The van der Waals surface area contributed by atoms with Crippen LogP contribution in [0, 0.1) is 5.82 Å². The summed E-state index contributed by atoms with van der Waals surface area (Å²) in [6.07, 6.45) is 1.72. The van der Waals surface area contributed by atoms with E-state index in [2.05, 4.69) is 25.6 Å². The first-order valence-corrected chi connectivity index (χ1v) is 10.1. The molecule has 2 heterocycles. The lowest BCUT2D eigenvalue weighted by atomic mass is 10.2. The molecule has 12 heteroatoms. The minimum Gasteiger partial charge on any atom is -0.491 e. The molecular weight excluding hydrogens is 455 g/mol. The Hall–Kier alpha value is -3.38. The maximum absolute atomic E-state index is 14.3. The molecule has 3 aromatic rings. The number of nitrogens with zero attached hydrogens (tertiary/aromatic N) is 3. The molecule has 174 valence electrons. The molecule has 0 bridgehead atoms. The summed E-state index contributed by atoms with van der Waals surface area (Å²) in [6.45, 7) is -0.375. The minimum absolute atomic E-state index is 0.0530. The number of aliphatic hydroxyl groups excluding tert-OH is 2. The van der Waals surface area contributed by atoms with Crippen LogP contribution in [0.2, 0.25) is 5.02 Å². The van der Waals surface area contributed by atoms with E-state index in [-0.39, 0.29) is 41.6 Å². The average Bonchev–Trinajstić information content (AvgIpc) is 2.83. The number of rotatable bonds is 9. The normalized spacial score (nSPS) is 12.7. The molecule has 1 aromatic carbocycles. The van der Waals surface area contributed by atoms with Crippen molar-refractivity contribution in [3.05, 3.63) is 59.3 Å². The summed E-state index contributed by atoms with van der Waals surface area (Å²) in [5.41, 5.74) is 5.83. The van der Waals surface area contributed by atoms with Crippen molar-refractivity contribution in [2.45, 2.75) is 12.2 Å². The Morgan fingerprint density at radius 1 is 1.27 bits per heavy atom. The Kier molecular flexibility index (Phi) is 8.06. The van der Waals surface area contributed by atoms with Gasteiger partial charge in [0.25, 0.3) is 5.91 Å². The van der Waals surface area contributed by atoms with Crippen LogP contribution in [0.25, 0.3) is 11.4 Å². The molecule has 0 aliphatic rings. The SMILES string of the molecule is COc1cnc(-c2cc(Cl)ccc2F)nc1Nc1ccncc1C(=O)NCC(O)C(O)CN. The number of methoxy groups -OCH3 is 1. The van der Waals surface area contributed by atoms with Crippen molar-refractivity contribution < 1.29 is 24.1 Å². The molecule has 2 unspecified atom stereocenters. The summed E-state index contributed by atoms with van der Waals surface area (Å²) >= 11 is 5.98. The molecule has 1 amide bonds. The van der Waals surface area contributed by atoms with Gasteiger partial charge in [0.05, 0.1) is 42.3 Å². The first kappa shape index (κ1) is 24.3. The molecule has 6 N–H and O–H groups in total. The molecule has 0 aliphatic carbocycles. The van der Waals surface area contributed by atoms with Crippen LogP contribution in [-0.2, 0) is 0 Å². The lowest BCUT2D eigenvalue weighted by Gasteiger charge is -2.17. The molecule has 0 saturated heterocycles. The fourth-order valence-corrected chi connectivity index (χ4v) is 2.98. The number of amides is 1. The van der Waals surface area contributed by atoms with Gasteiger partial charge in [-0.05, 0) is 24.3 Å². The number of aliphatic hydroxyl groups is 2. The van der Waals surface area contributed by atoms with Crippen LogP contribution < -0.4 is 21.1 Å². The number of pyridine rings is 1. The van der Waals surface area contributed by atoms with Crippen LogP contribution in [0.3, 0.4) is 0 Å². The van der Waals surface area contributed by atoms with Gasteiger partial charge in [0.1, 0.15) is 5.82 Å². The van der Waals surface area contributed by atoms with Gasteiger partial charge in [0.2, 0.25) is 0 Å². The van der Waals surface area contributed by atoms with Gasteiger partial charge in [-0.15, -0.1) is 0 Å². The summed E-state index contributed by atoms with van der Waals surface area (Å²) < 4.78 is 19.6. The lowest BCUT2D eigenvalue weighted by molar-refractivity contribution is 0.0257. The fourth-order valence-electron chi connectivity index (χ4n) is 2.81. The van der Waals surface area contributed by atoms with E-state index in [0.29, 0.717) is 10.7 Å².